The maximum absolute atomic E-state index is 11.4. The van der Waals surface area contributed by atoms with Gasteiger partial charge in [-0.25, -0.2) is 0 Å². The molecule has 0 saturated heterocycles. The lowest BCUT2D eigenvalue weighted by Gasteiger charge is -2.11. The van der Waals surface area contributed by atoms with Crippen molar-refractivity contribution in [3.63, 3.8) is 0 Å². The summed E-state index contributed by atoms with van der Waals surface area (Å²) < 4.78 is 4.91. The fraction of sp³-hybridized carbons (Fsp3) is 0.917. The summed E-state index contributed by atoms with van der Waals surface area (Å²) in [4.78, 5) is 11.4. The van der Waals surface area contributed by atoms with E-state index in [9.17, 15) is 4.79 Å². The third-order valence-electron chi connectivity index (χ3n) is 2.99. The van der Waals surface area contributed by atoms with Crippen molar-refractivity contribution in [1.82, 2.24) is 10.6 Å². The van der Waals surface area contributed by atoms with Gasteiger partial charge in [0.1, 0.15) is 0 Å². The molecule has 0 unspecified atom stereocenters. The molecule has 94 valence electrons. The lowest BCUT2D eigenvalue weighted by Crippen LogP contribution is -2.32. The van der Waals surface area contributed by atoms with Gasteiger partial charge in [0.15, 0.2) is 0 Å². The highest BCUT2D eigenvalue weighted by molar-refractivity contribution is 5.75. The van der Waals surface area contributed by atoms with Crippen LogP contribution in [0.1, 0.15) is 38.5 Å². The summed E-state index contributed by atoms with van der Waals surface area (Å²) in [5.41, 5.74) is 0. The molecule has 0 heterocycles. The van der Waals surface area contributed by atoms with Crippen LogP contribution in [0.2, 0.25) is 0 Å². The van der Waals surface area contributed by atoms with Gasteiger partial charge in [0.2, 0.25) is 5.91 Å². The summed E-state index contributed by atoms with van der Waals surface area (Å²) in [6.07, 6.45) is 6.69. The molecular weight excluding hydrogens is 204 g/mol. The molecule has 1 rings (SSSR count). The van der Waals surface area contributed by atoms with Crippen LogP contribution in [-0.4, -0.2) is 38.8 Å². The number of ether oxygens (including phenoxy) is 1. The summed E-state index contributed by atoms with van der Waals surface area (Å²) in [6, 6.07) is 0.654. The summed E-state index contributed by atoms with van der Waals surface area (Å²) in [6.45, 7) is 2.23. The highest BCUT2D eigenvalue weighted by Crippen LogP contribution is 2.17. The average Bonchev–Trinajstić information content (AvgIpc) is 2.77. The van der Waals surface area contributed by atoms with Gasteiger partial charge < -0.3 is 15.4 Å². The number of carbonyl (C=O) groups is 1. The molecule has 0 aliphatic heterocycles. The molecule has 0 aromatic rings. The van der Waals surface area contributed by atoms with Gasteiger partial charge in [0, 0.05) is 39.3 Å². The molecule has 4 nitrogen and oxygen atoms in total. The van der Waals surface area contributed by atoms with Crippen molar-refractivity contribution in [2.75, 3.05) is 26.8 Å². The van der Waals surface area contributed by atoms with E-state index in [1.165, 1.54) is 25.7 Å². The highest BCUT2D eigenvalue weighted by atomic mass is 16.5. The Morgan fingerprint density at radius 2 is 2.06 bits per heavy atom. The van der Waals surface area contributed by atoms with Crippen LogP contribution >= 0.6 is 0 Å². The average molecular weight is 228 g/mol. The molecule has 1 amide bonds. The predicted octanol–water partition coefficient (Wildman–Crippen LogP) is 1.06. The number of hydrogen-bond donors (Lipinski definition) is 2. The molecule has 0 radical (unpaired) electrons. The number of hydrogen-bond acceptors (Lipinski definition) is 3. The third kappa shape index (κ3) is 6.08. The first kappa shape index (κ1) is 13.5. The monoisotopic (exact) mass is 228 g/mol. The molecule has 1 aliphatic carbocycles. The van der Waals surface area contributed by atoms with E-state index in [0.29, 0.717) is 19.1 Å². The molecular formula is C12H24N2O2. The van der Waals surface area contributed by atoms with Crippen molar-refractivity contribution >= 4 is 5.91 Å². The topological polar surface area (TPSA) is 50.4 Å². The Labute approximate surface area is 98.1 Å². The smallest absolute Gasteiger partial charge is 0.221 e. The number of methoxy groups -OCH3 is 1. The minimum atomic E-state index is 0.140. The Morgan fingerprint density at radius 1 is 1.31 bits per heavy atom. The molecule has 0 atom stereocenters. The lowest BCUT2D eigenvalue weighted by molar-refractivity contribution is -0.121. The van der Waals surface area contributed by atoms with Gasteiger partial charge in [-0.3, -0.25) is 4.79 Å². The fourth-order valence-electron chi connectivity index (χ4n) is 2.05. The molecule has 0 aromatic heterocycles. The lowest BCUT2D eigenvalue weighted by atomic mass is 10.2. The van der Waals surface area contributed by atoms with Crippen molar-refractivity contribution < 1.29 is 9.53 Å². The zero-order chi connectivity index (χ0) is 11.6. The van der Waals surface area contributed by atoms with Gasteiger partial charge in [0.05, 0.1) is 0 Å². The van der Waals surface area contributed by atoms with Crippen molar-refractivity contribution in [3.8, 4) is 0 Å². The highest BCUT2D eigenvalue weighted by Gasteiger charge is 2.13. The largest absolute Gasteiger partial charge is 0.385 e. The van der Waals surface area contributed by atoms with Gasteiger partial charge in [-0.05, 0) is 19.3 Å². The standard InChI is InChI=1S/C12H24N2O2/c1-16-10-4-8-14-12(15)7-9-13-11-5-2-3-6-11/h11,13H,2-10H2,1H3,(H,14,15). The van der Waals surface area contributed by atoms with E-state index in [1.807, 2.05) is 0 Å². The van der Waals surface area contributed by atoms with Crippen LogP contribution in [-0.2, 0) is 9.53 Å². The van der Waals surface area contributed by atoms with E-state index in [-0.39, 0.29) is 5.91 Å². The van der Waals surface area contributed by atoms with Crippen LogP contribution in [0.5, 0.6) is 0 Å². The van der Waals surface area contributed by atoms with Gasteiger partial charge in [-0.1, -0.05) is 12.8 Å². The Morgan fingerprint density at radius 3 is 2.75 bits per heavy atom. The van der Waals surface area contributed by atoms with E-state index in [2.05, 4.69) is 10.6 Å². The first-order chi connectivity index (χ1) is 7.83. The molecule has 1 aliphatic rings. The molecule has 16 heavy (non-hydrogen) atoms. The molecule has 4 heteroatoms. The zero-order valence-electron chi connectivity index (χ0n) is 10.3. The second-order valence-corrected chi connectivity index (χ2v) is 4.38. The molecule has 0 aromatic carbocycles. The van der Waals surface area contributed by atoms with E-state index >= 15 is 0 Å². The van der Waals surface area contributed by atoms with Gasteiger partial charge >= 0.3 is 0 Å². The predicted molar refractivity (Wildman–Crippen MR) is 64.4 cm³/mol. The number of carbonyl (C=O) groups excluding carboxylic acids is 1. The summed E-state index contributed by atoms with van der Waals surface area (Å²) >= 11 is 0. The summed E-state index contributed by atoms with van der Waals surface area (Å²) in [7, 11) is 1.67. The summed E-state index contributed by atoms with van der Waals surface area (Å²) in [5, 5.41) is 6.31. The molecule has 2 N–H and O–H groups in total. The second kappa shape index (κ2) is 8.53. The van der Waals surface area contributed by atoms with Crippen molar-refractivity contribution in [1.29, 1.82) is 0 Å². The Kier molecular flexibility index (Phi) is 7.17. The van der Waals surface area contributed by atoms with Crippen LogP contribution in [0.4, 0.5) is 0 Å². The van der Waals surface area contributed by atoms with Crippen LogP contribution in [0.15, 0.2) is 0 Å². The van der Waals surface area contributed by atoms with Crippen LogP contribution in [0.25, 0.3) is 0 Å². The number of amides is 1. The molecule has 1 fully saturated rings. The van der Waals surface area contributed by atoms with Gasteiger partial charge in [0.25, 0.3) is 0 Å². The summed E-state index contributed by atoms with van der Waals surface area (Å²) in [5.74, 6) is 0.140. The Hall–Kier alpha value is -0.610. The number of nitrogens with one attached hydrogen (secondary N) is 2. The first-order valence-corrected chi connectivity index (χ1v) is 6.32. The van der Waals surface area contributed by atoms with Crippen LogP contribution in [0, 0.1) is 0 Å². The fourth-order valence-corrected chi connectivity index (χ4v) is 2.05. The van der Waals surface area contributed by atoms with E-state index < -0.39 is 0 Å². The van der Waals surface area contributed by atoms with Crippen molar-refractivity contribution in [2.24, 2.45) is 0 Å². The van der Waals surface area contributed by atoms with Crippen molar-refractivity contribution in [2.45, 2.75) is 44.6 Å². The number of rotatable bonds is 8. The van der Waals surface area contributed by atoms with E-state index in [1.54, 1.807) is 7.11 Å². The SMILES string of the molecule is COCCCNC(=O)CCNC1CCCC1. The van der Waals surface area contributed by atoms with Crippen LogP contribution < -0.4 is 10.6 Å². The maximum Gasteiger partial charge on any atom is 0.221 e. The molecule has 1 saturated carbocycles. The minimum absolute atomic E-state index is 0.140. The Bertz CT molecular complexity index is 191. The minimum Gasteiger partial charge on any atom is -0.385 e. The van der Waals surface area contributed by atoms with Gasteiger partial charge in [-0.2, -0.15) is 0 Å². The molecule has 0 bridgehead atoms. The Balaban J connectivity index is 1.89. The molecule has 0 spiro atoms. The van der Waals surface area contributed by atoms with E-state index in [4.69, 9.17) is 4.74 Å². The van der Waals surface area contributed by atoms with Crippen molar-refractivity contribution in [3.05, 3.63) is 0 Å². The second-order valence-electron chi connectivity index (χ2n) is 4.38. The maximum atomic E-state index is 11.4. The third-order valence-corrected chi connectivity index (χ3v) is 2.99. The van der Waals surface area contributed by atoms with E-state index in [0.717, 1.165) is 19.5 Å². The zero-order valence-corrected chi connectivity index (χ0v) is 10.3. The normalized spacial score (nSPS) is 16.6. The quantitative estimate of drug-likeness (QED) is 0.611. The first-order valence-electron chi connectivity index (χ1n) is 6.32. The van der Waals surface area contributed by atoms with Gasteiger partial charge in [-0.15, -0.1) is 0 Å². The van der Waals surface area contributed by atoms with Crippen LogP contribution in [0.3, 0.4) is 0 Å².